The lowest BCUT2D eigenvalue weighted by molar-refractivity contribution is 0.977. The van der Waals surface area contributed by atoms with Gasteiger partial charge in [-0.15, -0.1) is 0 Å². The predicted octanol–water partition coefficient (Wildman–Crippen LogP) is 4.87. The number of rotatable bonds is 3. The van der Waals surface area contributed by atoms with Crippen LogP contribution in [0.3, 0.4) is 0 Å². The quantitative estimate of drug-likeness (QED) is 0.578. The molecule has 0 aromatic heterocycles. The van der Waals surface area contributed by atoms with Gasteiger partial charge in [-0.3, -0.25) is 0 Å². The lowest BCUT2D eigenvalue weighted by Gasteiger charge is -2.18. The molecular formula is C19H16. The van der Waals surface area contributed by atoms with Gasteiger partial charge in [0, 0.05) is 7.26 Å². The molecule has 0 unspecified atom stereocenters. The molecule has 0 aliphatic rings. The van der Waals surface area contributed by atoms with Crippen molar-refractivity contribution < 1.29 is 1.37 Å². The van der Waals surface area contributed by atoms with Gasteiger partial charge in [-0.25, -0.2) is 0 Å². The zero-order valence-corrected chi connectivity index (χ0v) is 10.7. The molecule has 0 saturated carbocycles. The fraction of sp³-hybridized carbons (Fsp3) is 0.0526. The first-order valence-electron chi connectivity index (χ1n) is 6.98. The van der Waals surface area contributed by atoms with E-state index in [1.165, 1.54) is 0 Å². The normalized spacial score (nSPS) is 11.9. The summed E-state index contributed by atoms with van der Waals surface area (Å²) in [4.78, 5) is 0. The van der Waals surface area contributed by atoms with Crippen molar-refractivity contribution >= 4 is 0 Å². The van der Waals surface area contributed by atoms with Gasteiger partial charge in [-0.2, -0.15) is 0 Å². The molecule has 19 heavy (non-hydrogen) atoms. The Morgan fingerprint density at radius 3 is 1.00 bits per heavy atom. The zero-order valence-electron chi connectivity index (χ0n) is 11.7. The van der Waals surface area contributed by atoms with Crippen LogP contribution in [0.15, 0.2) is 91.0 Å². The van der Waals surface area contributed by atoms with E-state index in [1.807, 2.05) is 91.0 Å². The van der Waals surface area contributed by atoms with Gasteiger partial charge in [-0.1, -0.05) is 91.0 Å². The Hall–Kier alpha value is -2.34. The van der Waals surface area contributed by atoms with Crippen molar-refractivity contribution in [1.29, 1.82) is 0 Å². The highest BCUT2D eigenvalue weighted by atomic mass is 14.2. The van der Waals surface area contributed by atoms with E-state index in [9.17, 15) is 0 Å². The fourth-order valence-corrected chi connectivity index (χ4v) is 2.31. The van der Waals surface area contributed by atoms with E-state index in [0.29, 0.717) is 0 Å². The Balaban J connectivity index is 2.24. The summed E-state index contributed by atoms with van der Waals surface area (Å²) in [6, 6.07) is 30.0. The van der Waals surface area contributed by atoms with Crippen LogP contribution in [0.2, 0.25) is 0 Å². The molecule has 0 N–H and O–H groups in total. The second kappa shape index (κ2) is 5.53. The van der Waals surface area contributed by atoms with Crippen LogP contribution in [0.4, 0.5) is 0 Å². The summed E-state index contributed by atoms with van der Waals surface area (Å²) in [7, 11) is 0. The Labute approximate surface area is 115 Å². The van der Waals surface area contributed by atoms with E-state index in [2.05, 4.69) is 0 Å². The van der Waals surface area contributed by atoms with E-state index >= 15 is 0 Å². The van der Waals surface area contributed by atoms with Crippen molar-refractivity contribution in [2.45, 2.75) is 5.89 Å². The van der Waals surface area contributed by atoms with Crippen molar-refractivity contribution in [3.05, 3.63) is 108 Å². The first-order valence-corrected chi connectivity index (χ1v) is 6.48. The molecule has 3 aromatic rings. The second-order valence-corrected chi connectivity index (χ2v) is 4.47. The molecule has 0 atom stereocenters. The van der Waals surface area contributed by atoms with Crippen molar-refractivity contribution in [3.63, 3.8) is 0 Å². The summed E-state index contributed by atoms with van der Waals surface area (Å²) in [6.07, 6.45) is 0. The molecule has 0 aliphatic heterocycles. The minimum absolute atomic E-state index is 0.871. The van der Waals surface area contributed by atoms with Crippen molar-refractivity contribution in [2.75, 3.05) is 0 Å². The van der Waals surface area contributed by atoms with Gasteiger partial charge < -0.3 is 0 Å². The highest BCUT2D eigenvalue weighted by Crippen LogP contribution is 2.31. The minimum atomic E-state index is -0.871. The summed E-state index contributed by atoms with van der Waals surface area (Å²) < 4.78 is 9.14. The molecule has 0 amide bonds. The number of hydrogen-bond acceptors (Lipinski definition) is 0. The molecule has 3 aromatic carbocycles. The maximum absolute atomic E-state index is 9.14. The number of hydrogen-bond donors (Lipinski definition) is 0. The maximum atomic E-state index is 9.14. The van der Waals surface area contributed by atoms with Gasteiger partial charge in [0.15, 0.2) is 0 Å². The van der Waals surface area contributed by atoms with Crippen molar-refractivity contribution in [1.82, 2.24) is 0 Å². The van der Waals surface area contributed by atoms with Crippen LogP contribution in [0.5, 0.6) is 0 Å². The average molecular weight is 245 g/mol. The molecule has 0 spiro atoms. The Bertz CT molecular complexity index is 563. The van der Waals surface area contributed by atoms with Crippen LogP contribution in [0, 0.1) is 0 Å². The molecule has 0 saturated heterocycles. The smallest absolute Gasteiger partial charge is 0.0452 e. The fourth-order valence-electron chi connectivity index (χ4n) is 2.31. The first-order chi connectivity index (χ1) is 9.82. The molecule has 0 radical (unpaired) electrons. The Morgan fingerprint density at radius 1 is 0.474 bits per heavy atom. The molecule has 0 fully saturated rings. The van der Waals surface area contributed by atoms with E-state index in [4.69, 9.17) is 1.37 Å². The zero-order chi connectivity index (χ0) is 13.8. The Morgan fingerprint density at radius 2 is 0.737 bits per heavy atom. The van der Waals surface area contributed by atoms with E-state index in [0.717, 1.165) is 16.7 Å². The molecule has 0 aliphatic carbocycles. The van der Waals surface area contributed by atoms with Gasteiger partial charge in [0.25, 0.3) is 0 Å². The third-order valence-electron chi connectivity index (χ3n) is 3.19. The summed E-state index contributed by atoms with van der Waals surface area (Å²) >= 11 is 0. The van der Waals surface area contributed by atoms with Crippen LogP contribution in [0.1, 0.15) is 24.0 Å². The van der Waals surface area contributed by atoms with Crippen molar-refractivity contribution in [2.24, 2.45) is 0 Å². The summed E-state index contributed by atoms with van der Waals surface area (Å²) in [5.74, 6) is -0.871. The highest BCUT2D eigenvalue weighted by Gasteiger charge is 2.15. The summed E-state index contributed by atoms with van der Waals surface area (Å²) in [5, 5.41) is 0. The maximum Gasteiger partial charge on any atom is 0.0452 e. The number of benzene rings is 3. The molecule has 92 valence electrons. The van der Waals surface area contributed by atoms with Crippen LogP contribution in [-0.4, -0.2) is 0 Å². The monoisotopic (exact) mass is 245 g/mol. The molecule has 0 bridgehead atoms. The van der Waals surface area contributed by atoms with Gasteiger partial charge in [0.2, 0.25) is 0 Å². The summed E-state index contributed by atoms with van der Waals surface area (Å²) in [6.45, 7) is 0. The minimum Gasteiger partial charge on any atom is -0.0622 e. The Kier molecular flexibility index (Phi) is 3.08. The first kappa shape index (κ1) is 10.6. The SMILES string of the molecule is [2H]C(c1ccccc1)(c1ccccc1)c1ccccc1. The lowest BCUT2D eigenvalue weighted by atomic mass is 9.85. The van der Waals surface area contributed by atoms with Crippen molar-refractivity contribution in [3.8, 4) is 0 Å². The van der Waals surface area contributed by atoms with Gasteiger partial charge >= 0.3 is 0 Å². The third kappa shape index (κ3) is 2.58. The van der Waals surface area contributed by atoms with Crippen LogP contribution < -0.4 is 0 Å². The van der Waals surface area contributed by atoms with Crippen LogP contribution in [0.25, 0.3) is 0 Å². The van der Waals surface area contributed by atoms with Crippen LogP contribution in [-0.2, 0) is 0 Å². The summed E-state index contributed by atoms with van der Waals surface area (Å²) in [5.41, 5.74) is 2.95. The molecular weight excluding hydrogens is 228 g/mol. The highest BCUT2D eigenvalue weighted by molar-refractivity contribution is 5.42. The third-order valence-corrected chi connectivity index (χ3v) is 3.19. The van der Waals surface area contributed by atoms with Crippen LogP contribution >= 0.6 is 0 Å². The van der Waals surface area contributed by atoms with Gasteiger partial charge in [0.1, 0.15) is 0 Å². The van der Waals surface area contributed by atoms with Gasteiger partial charge in [0.05, 0.1) is 0 Å². The topological polar surface area (TPSA) is 0 Å². The van der Waals surface area contributed by atoms with E-state index in [-0.39, 0.29) is 0 Å². The lowest BCUT2D eigenvalue weighted by Crippen LogP contribution is -2.02. The van der Waals surface area contributed by atoms with Gasteiger partial charge in [-0.05, 0) is 16.7 Å². The average Bonchev–Trinajstić information content (AvgIpc) is 2.56. The predicted molar refractivity (Wildman–Crippen MR) is 80.3 cm³/mol. The molecule has 3 rings (SSSR count). The molecule has 0 heteroatoms. The van der Waals surface area contributed by atoms with E-state index in [1.54, 1.807) is 0 Å². The largest absolute Gasteiger partial charge is 0.0622 e. The second-order valence-electron chi connectivity index (χ2n) is 4.47. The standard InChI is InChI=1S/C19H16/c1-4-10-16(11-5-1)19(17-12-6-2-7-13-17)18-14-8-3-9-15-18/h1-15,19H/i19D. The molecule has 0 nitrogen and oxygen atoms in total. The molecule has 0 heterocycles. The van der Waals surface area contributed by atoms with E-state index < -0.39 is 5.89 Å².